The van der Waals surface area contributed by atoms with Gasteiger partial charge in [-0.1, -0.05) is 60.3 Å². The van der Waals surface area contributed by atoms with Crippen LogP contribution in [-0.4, -0.2) is 29.4 Å². The van der Waals surface area contributed by atoms with Crippen molar-refractivity contribution >= 4 is 17.4 Å². The van der Waals surface area contributed by atoms with Gasteiger partial charge >= 0.3 is 0 Å². The number of hydrogen-bond acceptors (Lipinski definition) is 8. The van der Waals surface area contributed by atoms with Gasteiger partial charge in [0.25, 0.3) is 0 Å². The summed E-state index contributed by atoms with van der Waals surface area (Å²) in [5.41, 5.74) is 4.35. The molecule has 1 aliphatic heterocycles. The van der Waals surface area contributed by atoms with Gasteiger partial charge in [0.05, 0.1) is 19.8 Å². The van der Waals surface area contributed by atoms with Crippen LogP contribution in [0.2, 0.25) is 0 Å². The van der Waals surface area contributed by atoms with E-state index in [9.17, 15) is 0 Å². The Morgan fingerprint density at radius 3 is 2.58 bits per heavy atom. The number of aromatic nitrogens is 3. The molecule has 2 heterocycles. The fourth-order valence-corrected chi connectivity index (χ4v) is 4.34. The van der Waals surface area contributed by atoms with Gasteiger partial charge in [-0.25, -0.2) is 0 Å². The Bertz CT molecular complexity index is 1270. The standard InChI is InChI=1S/C25H22N4O3S/c1-30-17-12-13-19(21(14-17)31-2)23-26-20-11-7-6-10-18(20)22-24(32-23)27-25(29-28-22)33-15-16-8-4-3-5-9-16/h3-14,23,26H,15H2,1-2H3. The van der Waals surface area contributed by atoms with Crippen molar-refractivity contribution in [3.63, 3.8) is 0 Å². The second kappa shape index (κ2) is 9.38. The average Bonchev–Trinajstić information content (AvgIpc) is 3.04. The van der Waals surface area contributed by atoms with Crippen molar-refractivity contribution in [1.29, 1.82) is 0 Å². The quantitative estimate of drug-likeness (QED) is 0.387. The van der Waals surface area contributed by atoms with E-state index in [2.05, 4.69) is 27.6 Å². The van der Waals surface area contributed by atoms with Gasteiger partial charge in [0.1, 0.15) is 11.5 Å². The summed E-state index contributed by atoms with van der Waals surface area (Å²) >= 11 is 1.52. The van der Waals surface area contributed by atoms with Crippen LogP contribution in [0.5, 0.6) is 17.4 Å². The van der Waals surface area contributed by atoms with Gasteiger partial charge in [-0.15, -0.1) is 10.2 Å². The molecule has 4 aromatic rings. The number of nitrogens with one attached hydrogen (secondary N) is 1. The monoisotopic (exact) mass is 458 g/mol. The molecule has 166 valence electrons. The lowest BCUT2D eigenvalue weighted by molar-refractivity contribution is 0.219. The predicted molar refractivity (Wildman–Crippen MR) is 128 cm³/mol. The molecule has 3 aromatic carbocycles. The maximum atomic E-state index is 6.38. The molecule has 7 nitrogen and oxygen atoms in total. The molecule has 0 fully saturated rings. The van der Waals surface area contributed by atoms with E-state index < -0.39 is 6.23 Å². The van der Waals surface area contributed by atoms with E-state index in [1.807, 2.05) is 60.7 Å². The maximum absolute atomic E-state index is 6.38. The number of anilines is 1. The lowest BCUT2D eigenvalue weighted by atomic mass is 10.1. The molecule has 0 bridgehead atoms. The summed E-state index contributed by atoms with van der Waals surface area (Å²) in [4.78, 5) is 4.71. The van der Waals surface area contributed by atoms with Crippen molar-refractivity contribution in [2.45, 2.75) is 17.1 Å². The Labute approximate surface area is 196 Å². The summed E-state index contributed by atoms with van der Waals surface area (Å²) in [6.45, 7) is 0. The lowest BCUT2D eigenvalue weighted by Gasteiger charge is -2.21. The summed E-state index contributed by atoms with van der Waals surface area (Å²) in [7, 11) is 3.25. The molecule has 5 rings (SSSR count). The van der Waals surface area contributed by atoms with Gasteiger partial charge in [0, 0.05) is 23.1 Å². The fourth-order valence-electron chi connectivity index (χ4n) is 3.61. The Morgan fingerprint density at radius 1 is 0.939 bits per heavy atom. The third kappa shape index (κ3) is 4.42. The van der Waals surface area contributed by atoms with Crippen LogP contribution < -0.4 is 19.5 Å². The third-order valence-corrected chi connectivity index (χ3v) is 6.18. The zero-order valence-corrected chi connectivity index (χ0v) is 19.0. The van der Waals surface area contributed by atoms with Gasteiger partial charge < -0.3 is 19.5 Å². The van der Waals surface area contributed by atoms with Gasteiger partial charge in [0.15, 0.2) is 5.69 Å². The van der Waals surface area contributed by atoms with E-state index in [0.717, 1.165) is 22.6 Å². The molecule has 0 aliphatic carbocycles. The van der Waals surface area contributed by atoms with Gasteiger partial charge in [0.2, 0.25) is 17.3 Å². The number of rotatable bonds is 6. The zero-order chi connectivity index (χ0) is 22.6. The molecule has 0 spiro atoms. The number of para-hydroxylation sites is 1. The summed E-state index contributed by atoms with van der Waals surface area (Å²) in [6, 6.07) is 23.7. The highest BCUT2D eigenvalue weighted by Crippen LogP contribution is 2.41. The summed E-state index contributed by atoms with van der Waals surface area (Å²) in [5.74, 6) is 2.51. The van der Waals surface area contributed by atoms with Crippen LogP contribution in [0.3, 0.4) is 0 Å². The molecule has 0 saturated carbocycles. The number of ether oxygens (including phenoxy) is 3. The van der Waals surface area contributed by atoms with Crippen LogP contribution in [-0.2, 0) is 5.75 Å². The lowest BCUT2D eigenvalue weighted by Crippen LogP contribution is -2.18. The second-order valence-corrected chi connectivity index (χ2v) is 8.26. The van der Waals surface area contributed by atoms with Crippen molar-refractivity contribution in [2.24, 2.45) is 0 Å². The number of hydrogen-bond donors (Lipinski definition) is 1. The van der Waals surface area contributed by atoms with Gasteiger partial charge in [-0.05, 0) is 23.8 Å². The van der Waals surface area contributed by atoms with Crippen molar-refractivity contribution in [3.8, 4) is 28.6 Å². The summed E-state index contributed by atoms with van der Waals surface area (Å²) < 4.78 is 17.3. The molecule has 0 radical (unpaired) electrons. The van der Waals surface area contributed by atoms with Crippen LogP contribution in [0.4, 0.5) is 5.69 Å². The SMILES string of the molecule is COc1ccc(C2Nc3ccccc3-c3nnc(SCc4ccccc4)nc3O2)c(OC)c1. The molecular formula is C25H22N4O3S. The van der Waals surface area contributed by atoms with Crippen LogP contribution in [0.25, 0.3) is 11.3 Å². The first-order chi connectivity index (χ1) is 16.2. The van der Waals surface area contributed by atoms with Crippen LogP contribution in [0.1, 0.15) is 17.4 Å². The minimum atomic E-state index is -0.545. The highest BCUT2D eigenvalue weighted by Gasteiger charge is 2.28. The number of thioether (sulfide) groups is 1. The van der Waals surface area contributed by atoms with Crippen molar-refractivity contribution in [1.82, 2.24) is 15.2 Å². The van der Waals surface area contributed by atoms with E-state index in [4.69, 9.17) is 19.2 Å². The molecule has 0 saturated heterocycles. The number of fused-ring (bicyclic) bond motifs is 3. The molecule has 1 atom stereocenters. The molecular weight excluding hydrogens is 436 g/mol. The van der Waals surface area contributed by atoms with Crippen LogP contribution >= 0.6 is 11.8 Å². The first kappa shape index (κ1) is 21.1. The first-order valence-electron chi connectivity index (χ1n) is 10.4. The highest BCUT2D eigenvalue weighted by molar-refractivity contribution is 7.98. The minimum absolute atomic E-state index is 0.417. The van der Waals surface area contributed by atoms with Crippen LogP contribution in [0, 0.1) is 0 Å². The summed E-state index contributed by atoms with van der Waals surface area (Å²) in [6.07, 6.45) is -0.545. The van der Waals surface area contributed by atoms with E-state index in [1.165, 1.54) is 17.3 Å². The molecule has 33 heavy (non-hydrogen) atoms. The largest absolute Gasteiger partial charge is 0.497 e. The maximum Gasteiger partial charge on any atom is 0.247 e. The normalized spacial score (nSPS) is 14.2. The second-order valence-electron chi connectivity index (χ2n) is 7.32. The molecule has 1 aliphatic rings. The molecule has 1 unspecified atom stereocenters. The molecule has 8 heteroatoms. The van der Waals surface area contributed by atoms with E-state index in [0.29, 0.717) is 28.2 Å². The topological polar surface area (TPSA) is 78.4 Å². The fraction of sp³-hybridized carbons (Fsp3) is 0.160. The van der Waals surface area contributed by atoms with Crippen molar-refractivity contribution < 1.29 is 14.2 Å². The van der Waals surface area contributed by atoms with Crippen molar-refractivity contribution in [2.75, 3.05) is 19.5 Å². The number of benzene rings is 3. The predicted octanol–water partition coefficient (Wildman–Crippen LogP) is 5.35. The smallest absolute Gasteiger partial charge is 0.247 e. The first-order valence-corrected chi connectivity index (χ1v) is 11.4. The Hall–Kier alpha value is -3.78. The summed E-state index contributed by atoms with van der Waals surface area (Å²) in [5, 5.41) is 12.8. The highest BCUT2D eigenvalue weighted by atomic mass is 32.2. The van der Waals surface area contributed by atoms with Gasteiger partial charge in [-0.2, -0.15) is 4.98 Å². The molecule has 1 N–H and O–H groups in total. The van der Waals surface area contributed by atoms with E-state index in [-0.39, 0.29) is 0 Å². The van der Waals surface area contributed by atoms with E-state index in [1.54, 1.807) is 14.2 Å². The Morgan fingerprint density at radius 2 is 1.76 bits per heavy atom. The van der Waals surface area contributed by atoms with Crippen LogP contribution in [0.15, 0.2) is 78.0 Å². The number of nitrogens with zero attached hydrogens (tertiary/aromatic N) is 3. The molecule has 0 amide bonds. The number of methoxy groups -OCH3 is 2. The Balaban J connectivity index is 1.52. The Kier molecular flexibility index (Phi) is 5.99. The van der Waals surface area contributed by atoms with Crippen molar-refractivity contribution in [3.05, 3.63) is 83.9 Å². The zero-order valence-electron chi connectivity index (χ0n) is 18.2. The molecule has 1 aromatic heterocycles. The van der Waals surface area contributed by atoms with E-state index >= 15 is 0 Å². The average molecular weight is 459 g/mol. The van der Waals surface area contributed by atoms with Gasteiger partial charge in [-0.3, -0.25) is 0 Å². The minimum Gasteiger partial charge on any atom is -0.497 e. The third-order valence-electron chi connectivity index (χ3n) is 5.27.